The van der Waals surface area contributed by atoms with Crippen LogP contribution in [0.2, 0.25) is 0 Å². The average Bonchev–Trinajstić information content (AvgIpc) is 2.39. The molecule has 1 N–H and O–H groups in total. The van der Waals surface area contributed by atoms with E-state index >= 15 is 0 Å². The molecule has 0 bridgehead atoms. The summed E-state index contributed by atoms with van der Waals surface area (Å²) >= 11 is 3.12. The van der Waals surface area contributed by atoms with E-state index in [1.54, 1.807) is 6.07 Å². The maximum Gasteiger partial charge on any atom is 0.283 e. The third-order valence-corrected chi connectivity index (χ3v) is 3.59. The molecule has 0 fully saturated rings. The van der Waals surface area contributed by atoms with E-state index in [1.165, 1.54) is 18.2 Å². The number of halogens is 3. The lowest BCUT2D eigenvalue weighted by Gasteiger charge is -2.10. The van der Waals surface area contributed by atoms with Crippen LogP contribution in [0.3, 0.4) is 0 Å². The summed E-state index contributed by atoms with van der Waals surface area (Å²) in [6.07, 6.45) is 0. The zero-order valence-electron chi connectivity index (χ0n) is 10.1. The predicted octanol–water partition coefficient (Wildman–Crippen LogP) is 4.25. The number of para-hydroxylation sites is 1. The van der Waals surface area contributed by atoms with Gasteiger partial charge < -0.3 is 5.32 Å². The molecular weight excluding hydrogens is 334 g/mol. The Bertz CT molecular complexity index is 645. The summed E-state index contributed by atoms with van der Waals surface area (Å²) in [5.41, 5.74) is 0.172. The Balaban J connectivity index is 2.24. The molecule has 0 spiro atoms. The van der Waals surface area contributed by atoms with Gasteiger partial charge >= 0.3 is 0 Å². The smallest absolute Gasteiger partial charge is 0.283 e. The van der Waals surface area contributed by atoms with Gasteiger partial charge in [0.2, 0.25) is 0 Å². The van der Waals surface area contributed by atoms with Gasteiger partial charge in [0.25, 0.3) is 5.69 Å². The van der Waals surface area contributed by atoms with Crippen LogP contribution in [0.4, 0.5) is 20.2 Å². The minimum atomic E-state index is -0.716. The molecule has 0 aliphatic rings. The number of nitrogens with zero attached hydrogens (tertiary/aromatic N) is 1. The fourth-order valence-corrected chi connectivity index (χ4v) is 2.24. The Labute approximate surface area is 121 Å². The third kappa shape index (κ3) is 2.93. The highest BCUT2D eigenvalue weighted by Crippen LogP contribution is 2.29. The van der Waals surface area contributed by atoms with E-state index in [9.17, 15) is 18.9 Å². The average molecular weight is 343 g/mol. The summed E-state index contributed by atoms with van der Waals surface area (Å²) in [6, 6.07) is 8.01. The minimum Gasteiger partial charge on any atom is -0.376 e. The molecule has 0 saturated heterocycles. The molecule has 0 amide bonds. The predicted molar refractivity (Wildman–Crippen MR) is 74.5 cm³/mol. The largest absolute Gasteiger partial charge is 0.376 e. The second kappa shape index (κ2) is 5.96. The van der Waals surface area contributed by atoms with E-state index in [0.717, 1.165) is 12.1 Å². The Morgan fingerprint density at radius 1 is 1.15 bits per heavy atom. The Morgan fingerprint density at radius 2 is 1.75 bits per heavy atom. The number of nitro benzene ring substituents is 1. The first kappa shape index (κ1) is 14.4. The van der Waals surface area contributed by atoms with Gasteiger partial charge in [0.05, 0.1) is 4.92 Å². The minimum absolute atomic E-state index is 0.0557. The van der Waals surface area contributed by atoms with E-state index in [-0.39, 0.29) is 22.4 Å². The van der Waals surface area contributed by atoms with E-state index < -0.39 is 16.6 Å². The number of hydrogen-bond acceptors (Lipinski definition) is 3. The summed E-state index contributed by atoms with van der Waals surface area (Å²) < 4.78 is 27.2. The molecule has 0 aromatic heterocycles. The molecule has 2 aromatic carbocycles. The van der Waals surface area contributed by atoms with Gasteiger partial charge in [0.1, 0.15) is 21.8 Å². The zero-order chi connectivity index (χ0) is 14.7. The van der Waals surface area contributed by atoms with E-state index in [1.807, 2.05) is 0 Å². The van der Waals surface area contributed by atoms with Crippen LogP contribution in [0.25, 0.3) is 0 Å². The van der Waals surface area contributed by atoms with Crippen molar-refractivity contribution in [2.24, 2.45) is 0 Å². The molecule has 0 unspecified atom stereocenters. The van der Waals surface area contributed by atoms with Crippen molar-refractivity contribution in [2.45, 2.75) is 6.54 Å². The molecule has 0 radical (unpaired) electrons. The number of nitrogens with one attached hydrogen (secondary N) is 1. The number of hydrogen-bond donors (Lipinski definition) is 1. The Kier molecular flexibility index (Phi) is 4.29. The normalized spacial score (nSPS) is 10.3. The molecule has 0 heterocycles. The molecule has 0 aliphatic carbocycles. The van der Waals surface area contributed by atoms with Crippen molar-refractivity contribution < 1.29 is 13.7 Å². The number of benzene rings is 2. The SMILES string of the molecule is O=[N+]([O-])c1cccc(CNc2c(F)cccc2F)c1Br. The molecule has 2 aromatic rings. The van der Waals surface area contributed by atoms with Gasteiger partial charge in [-0.25, -0.2) is 8.78 Å². The van der Waals surface area contributed by atoms with Crippen LogP contribution in [0, 0.1) is 21.7 Å². The lowest BCUT2D eigenvalue weighted by Crippen LogP contribution is -2.05. The van der Waals surface area contributed by atoms with Gasteiger partial charge in [-0.3, -0.25) is 10.1 Å². The molecule has 7 heteroatoms. The van der Waals surface area contributed by atoms with Gasteiger partial charge in [-0.15, -0.1) is 0 Å². The fourth-order valence-electron chi connectivity index (χ4n) is 1.69. The lowest BCUT2D eigenvalue weighted by atomic mass is 10.2. The monoisotopic (exact) mass is 342 g/mol. The second-order valence-corrected chi connectivity index (χ2v) is 4.75. The zero-order valence-corrected chi connectivity index (χ0v) is 11.7. The van der Waals surface area contributed by atoms with Crippen LogP contribution in [0.5, 0.6) is 0 Å². The first-order valence-corrected chi connectivity index (χ1v) is 6.39. The summed E-state index contributed by atoms with van der Waals surface area (Å²) in [6.45, 7) is 0.0557. The molecular formula is C13H9BrF2N2O2. The van der Waals surface area contributed by atoms with Crippen molar-refractivity contribution in [3.8, 4) is 0 Å². The maximum absolute atomic E-state index is 13.4. The summed E-state index contributed by atoms with van der Waals surface area (Å²) in [7, 11) is 0. The molecule has 4 nitrogen and oxygen atoms in total. The van der Waals surface area contributed by atoms with E-state index in [2.05, 4.69) is 21.2 Å². The summed E-state index contributed by atoms with van der Waals surface area (Å²) in [5, 5.41) is 13.4. The van der Waals surface area contributed by atoms with Crippen molar-refractivity contribution in [1.29, 1.82) is 0 Å². The highest BCUT2D eigenvalue weighted by atomic mass is 79.9. The first-order valence-electron chi connectivity index (χ1n) is 5.60. The van der Waals surface area contributed by atoms with Crippen molar-refractivity contribution in [3.63, 3.8) is 0 Å². The highest BCUT2D eigenvalue weighted by Gasteiger charge is 2.15. The number of rotatable bonds is 4. The Hall–Kier alpha value is -2.02. The van der Waals surface area contributed by atoms with E-state index in [4.69, 9.17) is 0 Å². The molecule has 0 atom stereocenters. The fraction of sp³-hybridized carbons (Fsp3) is 0.0769. The van der Waals surface area contributed by atoms with Crippen molar-refractivity contribution in [2.75, 3.05) is 5.32 Å². The van der Waals surface area contributed by atoms with E-state index in [0.29, 0.717) is 5.56 Å². The lowest BCUT2D eigenvalue weighted by molar-refractivity contribution is -0.385. The molecule has 20 heavy (non-hydrogen) atoms. The van der Waals surface area contributed by atoms with Gasteiger partial charge in [-0.1, -0.05) is 18.2 Å². The summed E-state index contributed by atoms with van der Waals surface area (Å²) in [4.78, 5) is 10.3. The van der Waals surface area contributed by atoms with Gasteiger partial charge in [-0.2, -0.15) is 0 Å². The Morgan fingerprint density at radius 3 is 2.35 bits per heavy atom. The number of nitro groups is 1. The van der Waals surface area contributed by atoms with Crippen molar-refractivity contribution >= 4 is 27.3 Å². The topological polar surface area (TPSA) is 55.2 Å². The van der Waals surface area contributed by atoms with Crippen LogP contribution < -0.4 is 5.32 Å². The second-order valence-electron chi connectivity index (χ2n) is 3.96. The van der Waals surface area contributed by atoms with Crippen LogP contribution >= 0.6 is 15.9 Å². The van der Waals surface area contributed by atoms with Crippen LogP contribution in [-0.2, 0) is 6.54 Å². The number of anilines is 1. The molecule has 0 saturated carbocycles. The van der Waals surface area contributed by atoms with Crippen molar-refractivity contribution in [1.82, 2.24) is 0 Å². The quantitative estimate of drug-likeness (QED) is 0.667. The highest BCUT2D eigenvalue weighted by molar-refractivity contribution is 9.10. The van der Waals surface area contributed by atoms with Crippen LogP contribution in [0.1, 0.15) is 5.56 Å². The first-order chi connectivity index (χ1) is 9.50. The molecule has 2 rings (SSSR count). The van der Waals surface area contributed by atoms with Crippen LogP contribution in [0.15, 0.2) is 40.9 Å². The van der Waals surface area contributed by atoms with Gasteiger partial charge in [0, 0.05) is 12.6 Å². The van der Waals surface area contributed by atoms with Crippen LogP contribution in [-0.4, -0.2) is 4.92 Å². The third-order valence-electron chi connectivity index (χ3n) is 2.67. The molecule has 0 aliphatic heterocycles. The van der Waals surface area contributed by atoms with Crippen molar-refractivity contribution in [3.05, 3.63) is 68.2 Å². The maximum atomic E-state index is 13.4. The summed E-state index contributed by atoms with van der Waals surface area (Å²) in [5.74, 6) is -1.43. The standard InChI is InChI=1S/C13H9BrF2N2O2/c14-12-8(3-1-6-11(12)18(19)20)7-17-13-9(15)4-2-5-10(13)16/h1-6,17H,7H2. The van der Waals surface area contributed by atoms with Gasteiger partial charge in [-0.05, 0) is 33.6 Å². The van der Waals surface area contributed by atoms with Gasteiger partial charge in [0.15, 0.2) is 0 Å². The molecule has 104 valence electrons.